The van der Waals surface area contributed by atoms with E-state index < -0.39 is 0 Å². The van der Waals surface area contributed by atoms with E-state index in [1.165, 1.54) is 12.0 Å². The van der Waals surface area contributed by atoms with Gasteiger partial charge < -0.3 is 15.4 Å². The summed E-state index contributed by atoms with van der Waals surface area (Å²) in [6.07, 6.45) is 5.41. The van der Waals surface area contributed by atoms with Gasteiger partial charge in [-0.05, 0) is 73.3 Å². The number of hydrogen-bond donors (Lipinski definition) is 2. The number of nitrogens with one attached hydrogen (secondary N) is 2. The van der Waals surface area contributed by atoms with E-state index in [9.17, 15) is 0 Å². The number of benzene rings is 2. The molecule has 0 spiro atoms. The first-order chi connectivity index (χ1) is 14.0. The average molecular weight is 478 g/mol. The number of ether oxygens (including phenoxy) is 1. The van der Waals surface area contributed by atoms with Crippen LogP contribution in [0.25, 0.3) is 12.2 Å². The van der Waals surface area contributed by atoms with Crippen molar-refractivity contribution < 1.29 is 4.74 Å². The van der Waals surface area contributed by atoms with Crippen molar-refractivity contribution in [3.63, 3.8) is 0 Å². The first-order valence-electron chi connectivity index (χ1n) is 10.3. The van der Waals surface area contributed by atoms with E-state index in [2.05, 4.69) is 70.8 Å². The molecule has 5 heteroatoms. The monoisotopic (exact) mass is 476 g/mol. The van der Waals surface area contributed by atoms with Gasteiger partial charge >= 0.3 is 0 Å². The highest BCUT2D eigenvalue weighted by molar-refractivity contribution is 9.10. The lowest BCUT2D eigenvalue weighted by atomic mass is 10.1. The van der Waals surface area contributed by atoms with E-state index in [0.29, 0.717) is 5.92 Å². The van der Waals surface area contributed by atoms with E-state index in [4.69, 9.17) is 16.3 Å². The summed E-state index contributed by atoms with van der Waals surface area (Å²) in [6.45, 7) is 9.15. The standard InChI is InChI=1S/C24H30BrClN2O/c1-17(2)16-29-24-8-4-18(3-5-20-6-7-22(25)12-23(20)26)11-21(24)15-28-14-19-9-10-27-13-19/h3-8,11-12,17,19,27-28H,9-10,13-16H2,1-2H3/b5-3+. The molecule has 2 N–H and O–H groups in total. The number of halogens is 2. The quantitative estimate of drug-likeness (QED) is 0.434. The van der Waals surface area contributed by atoms with Crippen molar-refractivity contribution in [2.24, 2.45) is 11.8 Å². The largest absolute Gasteiger partial charge is 0.493 e. The van der Waals surface area contributed by atoms with Crippen LogP contribution in [0.15, 0.2) is 40.9 Å². The van der Waals surface area contributed by atoms with Gasteiger partial charge in [0.1, 0.15) is 5.75 Å². The topological polar surface area (TPSA) is 33.3 Å². The highest BCUT2D eigenvalue weighted by Crippen LogP contribution is 2.25. The second-order valence-corrected chi connectivity index (χ2v) is 9.38. The van der Waals surface area contributed by atoms with Crippen LogP contribution in [0.2, 0.25) is 5.02 Å². The van der Waals surface area contributed by atoms with Crippen molar-refractivity contribution in [1.82, 2.24) is 10.6 Å². The Balaban J connectivity index is 1.72. The first kappa shape index (κ1) is 22.4. The van der Waals surface area contributed by atoms with Crippen molar-refractivity contribution in [2.45, 2.75) is 26.8 Å². The molecule has 3 rings (SSSR count). The fourth-order valence-electron chi connectivity index (χ4n) is 3.36. The van der Waals surface area contributed by atoms with E-state index in [1.807, 2.05) is 18.2 Å². The zero-order chi connectivity index (χ0) is 20.6. The Bertz CT molecular complexity index is 832. The maximum absolute atomic E-state index is 6.34. The van der Waals surface area contributed by atoms with Gasteiger partial charge in [-0.25, -0.2) is 0 Å². The van der Waals surface area contributed by atoms with Crippen molar-refractivity contribution in [2.75, 3.05) is 26.2 Å². The molecule has 0 aliphatic carbocycles. The summed E-state index contributed by atoms with van der Waals surface area (Å²) in [5.74, 6) is 2.19. The summed E-state index contributed by atoms with van der Waals surface area (Å²) in [7, 11) is 0. The molecule has 3 nitrogen and oxygen atoms in total. The van der Waals surface area contributed by atoms with Crippen molar-refractivity contribution in [3.8, 4) is 5.75 Å². The summed E-state index contributed by atoms with van der Waals surface area (Å²) in [6, 6.07) is 12.3. The van der Waals surface area contributed by atoms with Gasteiger partial charge in [0.15, 0.2) is 0 Å². The zero-order valence-corrected chi connectivity index (χ0v) is 19.5. The lowest BCUT2D eigenvalue weighted by Gasteiger charge is -2.16. The molecule has 0 amide bonds. The van der Waals surface area contributed by atoms with Gasteiger partial charge in [0.25, 0.3) is 0 Å². The Kier molecular flexibility index (Phi) is 8.61. The predicted octanol–water partition coefficient (Wildman–Crippen LogP) is 6.01. The highest BCUT2D eigenvalue weighted by Gasteiger charge is 2.14. The third-order valence-electron chi connectivity index (χ3n) is 4.99. The van der Waals surface area contributed by atoms with Gasteiger partial charge in [-0.3, -0.25) is 0 Å². The normalized spacial score (nSPS) is 16.8. The third-order valence-corrected chi connectivity index (χ3v) is 5.81. The molecular formula is C24H30BrClN2O. The molecule has 1 saturated heterocycles. The Morgan fingerprint density at radius 2 is 2.10 bits per heavy atom. The fourth-order valence-corrected chi connectivity index (χ4v) is 4.10. The molecule has 1 atom stereocenters. The molecule has 1 heterocycles. The van der Waals surface area contributed by atoms with Gasteiger partial charge in [-0.2, -0.15) is 0 Å². The zero-order valence-electron chi connectivity index (χ0n) is 17.2. The molecule has 1 fully saturated rings. The van der Waals surface area contributed by atoms with Crippen LogP contribution in [-0.4, -0.2) is 26.2 Å². The molecule has 29 heavy (non-hydrogen) atoms. The smallest absolute Gasteiger partial charge is 0.123 e. The van der Waals surface area contributed by atoms with Gasteiger partial charge in [0.05, 0.1) is 6.61 Å². The minimum atomic E-state index is 0.500. The Morgan fingerprint density at radius 3 is 2.83 bits per heavy atom. The Morgan fingerprint density at radius 1 is 1.24 bits per heavy atom. The molecule has 0 aromatic heterocycles. The van der Waals surface area contributed by atoms with E-state index in [0.717, 1.165) is 65.1 Å². The predicted molar refractivity (Wildman–Crippen MR) is 128 cm³/mol. The van der Waals surface area contributed by atoms with Crippen LogP contribution in [0.3, 0.4) is 0 Å². The fraction of sp³-hybridized carbons (Fsp3) is 0.417. The minimum Gasteiger partial charge on any atom is -0.493 e. The van der Waals surface area contributed by atoms with Crippen LogP contribution >= 0.6 is 27.5 Å². The van der Waals surface area contributed by atoms with Gasteiger partial charge in [0.2, 0.25) is 0 Å². The lowest BCUT2D eigenvalue weighted by molar-refractivity contribution is 0.268. The van der Waals surface area contributed by atoms with Gasteiger partial charge in [0, 0.05) is 21.6 Å². The molecule has 1 aliphatic rings. The van der Waals surface area contributed by atoms with E-state index in [1.54, 1.807) is 0 Å². The summed E-state index contributed by atoms with van der Waals surface area (Å²) < 4.78 is 7.05. The molecule has 0 radical (unpaired) electrons. The Labute approximate surface area is 188 Å². The molecule has 2 aromatic rings. The summed E-state index contributed by atoms with van der Waals surface area (Å²) in [4.78, 5) is 0. The molecule has 1 aliphatic heterocycles. The molecule has 0 saturated carbocycles. The Hall–Kier alpha value is -1.33. The molecule has 0 bridgehead atoms. The second-order valence-electron chi connectivity index (χ2n) is 8.06. The highest BCUT2D eigenvalue weighted by atomic mass is 79.9. The number of hydrogen-bond acceptors (Lipinski definition) is 3. The maximum atomic E-state index is 6.34. The summed E-state index contributed by atoms with van der Waals surface area (Å²) in [5, 5.41) is 7.78. The van der Waals surface area contributed by atoms with Gasteiger partial charge in [-0.1, -0.05) is 65.7 Å². The van der Waals surface area contributed by atoms with Crippen molar-refractivity contribution in [3.05, 3.63) is 62.6 Å². The van der Waals surface area contributed by atoms with E-state index in [-0.39, 0.29) is 0 Å². The molecule has 2 aromatic carbocycles. The van der Waals surface area contributed by atoms with Crippen LogP contribution < -0.4 is 15.4 Å². The second kappa shape index (κ2) is 11.2. The minimum absolute atomic E-state index is 0.500. The summed E-state index contributed by atoms with van der Waals surface area (Å²) >= 11 is 9.79. The van der Waals surface area contributed by atoms with Crippen molar-refractivity contribution >= 4 is 39.7 Å². The molecule has 1 unspecified atom stereocenters. The van der Waals surface area contributed by atoms with Crippen LogP contribution in [0.5, 0.6) is 5.75 Å². The van der Waals surface area contributed by atoms with Crippen LogP contribution in [0.1, 0.15) is 37.0 Å². The van der Waals surface area contributed by atoms with Crippen molar-refractivity contribution in [1.29, 1.82) is 0 Å². The van der Waals surface area contributed by atoms with E-state index >= 15 is 0 Å². The SMILES string of the molecule is CC(C)COc1ccc(/C=C/c2ccc(Br)cc2Cl)cc1CNCC1CCNC1. The van der Waals surface area contributed by atoms with Crippen LogP contribution in [0.4, 0.5) is 0 Å². The third kappa shape index (κ3) is 7.14. The average Bonchev–Trinajstić information content (AvgIpc) is 3.20. The lowest BCUT2D eigenvalue weighted by Crippen LogP contribution is -2.24. The van der Waals surface area contributed by atoms with Gasteiger partial charge in [-0.15, -0.1) is 0 Å². The summed E-state index contributed by atoms with van der Waals surface area (Å²) in [5.41, 5.74) is 3.34. The van der Waals surface area contributed by atoms with Crippen LogP contribution in [-0.2, 0) is 6.54 Å². The van der Waals surface area contributed by atoms with Crippen LogP contribution in [0, 0.1) is 11.8 Å². The molecular weight excluding hydrogens is 448 g/mol. The number of rotatable bonds is 9. The molecule has 156 valence electrons. The maximum Gasteiger partial charge on any atom is 0.123 e. The first-order valence-corrected chi connectivity index (χ1v) is 11.5.